The Kier molecular flexibility index (Phi) is 11.3. The average molecular weight is 538 g/mol. The van der Waals surface area contributed by atoms with Crippen LogP contribution in [0, 0.1) is 12.7 Å². The number of amides is 1. The first-order valence-electron chi connectivity index (χ1n) is 11.3. The van der Waals surface area contributed by atoms with E-state index in [2.05, 4.69) is 25.9 Å². The van der Waals surface area contributed by atoms with Gasteiger partial charge in [-0.15, -0.1) is 0 Å². The van der Waals surface area contributed by atoms with Gasteiger partial charge < -0.3 is 25.8 Å². The maximum Gasteiger partial charge on any atom is 0.490 e. The summed E-state index contributed by atoms with van der Waals surface area (Å²) in [7, 11) is 1.60. The van der Waals surface area contributed by atoms with E-state index in [1.165, 1.54) is 12.1 Å². The molecule has 0 saturated heterocycles. The Morgan fingerprint density at radius 2 is 1.61 bits per heavy atom. The zero-order valence-electron chi connectivity index (χ0n) is 20.6. The summed E-state index contributed by atoms with van der Waals surface area (Å²) in [5, 5.41) is 16.3. The van der Waals surface area contributed by atoms with Crippen LogP contribution >= 0.6 is 0 Å². The van der Waals surface area contributed by atoms with Crippen LogP contribution in [0.25, 0.3) is 0 Å². The Labute approximate surface area is 216 Å². The van der Waals surface area contributed by atoms with Crippen molar-refractivity contribution in [3.05, 3.63) is 71.7 Å². The Bertz CT molecular complexity index is 1190. The molecule has 4 N–H and O–H groups in total. The minimum Gasteiger partial charge on any atom is -0.497 e. The highest BCUT2D eigenvalue weighted by molar-refractivity contribution is 5.91. The first-order valence-corrected chi connectivity index (χ1v) is 11.3. The molecule has 0 aliphatic heterocycles. The number of methoxy groups -OCH3 is 1. The number of carbonyl (C=O) groups is 2. The summed E-state index contributed by atoms with van der Waals surface area (Å²) in [6, 6.07) is 15.4. The van der Waals surface area contributed by atoms with Crippen LogP contribution in [0.2, 0.25) is 0 Å². The van der Waals surface area contributed by atoms with Gasteiger partial charge in [-0.25, -0.2) is 14.2 Å². The number of aromatic nitrogens is 2. The second-order valence-electron chi connectivity index (χ2n) is 7.78. The SMILES string of the molecule is COc1ccc(NC(=O)CCNc2cc(C)nc(NCCc3ccc(F)cc3)n2)cc1.O=C(O)C(F)(F)F. The van der Waals surface area contributed by atoms with Gasteiger partial charge in [0.1, 0.15) is 17.4 Å². The third-order valence-electron chi connectivity index (χ3n) is 4.74. The van der Waals surface area contributed by atoms with Crippen molar-refractivity contribution in [2.24, 2.45) is 0 Å². The highest BCUT2D eigenvalue weighted by Gasteiger charge is 2.38. The molecule has 0 fully saturated rings. The number of carboxylic acid groups (broad SMARTS) is 1. The fourth-order valence-electron chi connectivity index (χ4n) is 2.91. The second kappa shape index (κ2) is 14.4. The van der Waals surface area contributed by atoms with Gasteiger partial charge in [-0.3, -0.25) is 4.79 Å². The number of aliphatic carboxylic acids is 1. The quantitative estimate of drug-likeness (QED) is 0.275. The summed E-state index contributed by atoms with van der Waals surface area (Å²) in [5.41, 5.74) is 2.56. The molecule has 0 bridgehead atoms. The van der Waals surface area contributed by atoms with E-state index < -0.39 is 12.1 Å². The largest absolute Gasteiger partial charge is 0.497 e. The maximum atomic E-state index is 13.0. The van der Waals surface area contributed by atoms with Crippen LogP contribution in [-0.4, -0.2) is 53.3 Å². The number of hydrogen-bond acceptors (Lipinski definition) is 7. The molecule has 204 valence electrons. The Balaban J connectivity index is 0.000000638. The van der Waals surface area contributed by atoms with Gasteiger partial charge in [0.15, 0.2) is 0 Å². The fourth-order valence-corrected chi connectivity index (χ4v) is 2.91. The van der Waals surface area contributed by atoms with Gasteiger partial charge in [0, 0.05) is 37.0 Å². The van der Waals surface area contributed by atoms with Crippen LogP contribution < -0.4 is 20.7 Å². The van der Waals surface area contributed by atoms with E-state index in [4.69, 9.17) is 14.6 Å². The number of benzene rings is 2. The van der Waals surface area contributed by atoms with E-state index in [0.717, 1.165) is 29.1 Å². The first kappa shape index (κ1) is 29.8. The van der Waals surface area contributed by atoms with Crippen molar-refractivity contribution in [3.8, 4) is 5.75 Å². The predicted molar refractivity (Wildman–Crippen MR) is 134 cm³/mol. The van der Waals surface area contributed by atoms with E-state index >= 15 is 0 Å². The topological polar surface area (TPSA) is 125 Å². The summed E-state index contributed by atoms with van der Waals surface area (Å²) in [6.45, 7) is 2.95. The minimum absolute atomic E-state index is 0.0962. The molecule has 0 saturated carbocycles. The zero-order chi connectivity index (χ0) is 28.1. The van der Waals surface area contributed by atoms with Crippen LogP contribution in [0.5, 0.6) is 5.75 Å². The van der Waals surface area contributed by atoms with Gasteiger partial charge in [-0.2, -0.15) is 18.2 Å². The Hall–Kier alpha value is -4.42. The smallest absolute Gasteiger partial charge is 0.490 e. The summed E-state index contributed by atoms with van der Waals surface area (Å²) in [4.78, 5) is 29.9. The van der Waals surface area contributed by atoms with Crippen LogP contribution in [-0.2, 0) is 16.0 Å². The molecule has 13 heteroatoms. The molecule has 3 rings (SSSR count). The van der Waals surface area contributed by atoms with Gasteiger partial charge >= 0.3 is 12.1 Å². The lowest BCUT2D eigenvalue weighted by atomic mass is 10.1. The van der Waals surface area contributed by atoms with Crippen molar-refractivity contribution in [3.63, 3.8) is 0 Å². The summed E-state index contributed by atoms with van der Waals surface area (Å²) in [5.74, 6) is -1.21. The number of carbonyl (C=O) groups excluding carboxylic acids is 1. The second-order valence-corrected chi connectivity index (χ2v) is 7.78. The number of rotatable bonds is 10. The van der Waals surface area contributed by atoms with E-state index in [1.807, 2.05) is 13.0 Å². The molecule has 1 amide bonds. The number of anilines is 3. The van der Waals surface area contributed by atoms with Crippen LogP contribution in [0.3, 0.4) is 0 Å². The summed E-state index contributed by atoms with van der Waals surface area (Å²) >= 11 is 0. The van der Waals surface area contributed by atoms with Gasteiger partial charge in [0.2, 0.25) is 11.9 Å². The normalized spacial score (nSPS) is 10.6. The minimum atomic E-state index is -5.08. The fraction of sp³-hybridized carbons (Fsp3) is 0.280. The molecule has 0 radical (unpaired) electrons. The van der Waals surface area contributed by atoms with E-state index in [1.54, 1.807) is 43.5 Å². The summed E-state index contributed by atoms with van der Waals surface area (Å²) < 4.78 is 49.8. The number of ether oxygens (including phenoxy) is 1. The Morgan fingerprint density at radius 1 is 0.974 bits per heavy atom. The third kappa shape index (κ3) is 11.1. The number of aryl methyl sites for hydroxylation is 1. The standard InChI is InChI=1S/C23H26FN5O2.C2HF3O2/c1-16-15-21(25-14-12-22(30)28-19-7-9-20(31-2)10-8-19)29-23(27-16)26-13-11-17-3-5-18(24)6-4-17;3-2(4,5)1(6)7/h3-10,15H,11-14H2,1-2H3,(H,28,30)(H2,25,26,27,29);(H,6,7). The van der Waals surface area contributed by atoms with Crippen LogP contribution in [0.4, 0.5) is 35.0 Å². The summed E-state index contributed by atoms with van der Waals surface area (Å²) in [6.07, 6.45) is -4.06. The first-order chi connectivity index (χ1) is 18.0. The molecule has 1 heterocycles. The lowest BCUT2D eigenvalue weighted by Gasteiger charge is -2.10. The maximum absolute atomic E-state index is 13.0. The molecule has 0 aliphatic carbocycles. The number of hydrogen-bond donors (Lipinski definition) is 4. The lowest BCUT2D eigenvalue weighted by molar-refractivity contribution is -0.192. The monoisotopic (exact) mass is 537 g/mol. The molecule has 0 atom stereocenters. The number of halogens is 4. The van der Waals surface area contributed by atoms with E-state index in [9.17, 15) is 22.4 Å². The molecular weight excluding hydrogens is 510 g/mol. The van der Waals surface area contributed by atoms with Gasteiger partial charge in [0.25, 0.3) is 0 Å². The number of carboxylic acids is 1. The van der Waals surface area contributed by atoms with Crippen molar-refractivity contribution in [1.82, 2.24) is 9.97 Å². The number of nitrogens with one attached hydrogen (secondary N) is 3. The molecule has 2 aromatic carbocycles. The molecule has 0 spiro atoms. The molecule has 38 heavy (non-hydrogen) atoms. The number of alkyl halides is 3. The van der Waals surface area contributed by atoms with E-state index in [-0.39, 0.29) is 11.7 Å². The van der Waals surface area contributed by atoms with Crippen molar-refractivity contribution >= 4 is 29.3 Å². The highest BCUT2D eigenvalue weighted by Crippen LogP contribution is 2.16. The molecular formula is C25H27F4N5O4. The predicted octanol–water partition coefficient (Wildman–Crippen LogP) is 4.66. The zero-order valence-corrected chi connectivity index (χ0v) is 20.6. The number of nitrogens with zero attached hydrogens (tertiary/aromatic N) is 2. The van der Waals surface area contributed by atoms with Gasteiger partial charge in [-0.1, -0.05) is 12.1 Å². The van der Waals surface area contributed by atoms with E-state index in [0.29, 0.717) is 31.3 Å². The molecule has 0 unspecified atom stereocenters. The molecule has 3 aromatic rings. The van der Waals surface area contributed by atoms with Crippen molar-refractivity contribution in [1.29, 1.82) is 0 Å². The lowest BCUT2D eigenvalue weighted by Crippen LogP contribution is -2.21. The molecule has 1 aromatic heterocycles. The van der Waals surface area contributed by atoms with Crippen LogP contribution in [0.15, 0.2) is 54.6 Å². The van der Waals surface area contributed by atoms with Gasteiger partial charge in [0.05, 0.1) is 7.11 Å². The van der Waals surface area contributed by atoms with Crippen molar-refractivity contribution < 1.29 is 37.0 Å². The van der Waals surface area contributed by atoms with Crippen LogP contribution in [0.1, 0.15) is 17.7 Å². The Morgan fingerprint density at radius 3 is 2.18 bits per heavy atom. The third-order valence-corrected chi connectivity index (χ3v) is 4.74. The molecule has 0 aliphatic rings. The van der Waals surface area contributed by atoms with Crippen molar-refractivity contribution in [2.45, 2.75) is 25.9 Å². The molecule has 9 nitrogen and oxygen atoms in total. The van der Waals surface area contributed by atoms with Crippen molar-refractivity contribution in [2.75, 3.05) is 36.1 Å². The highest BCUT2D eigenvalue weighted by atomic mass is 19.4. The average Bonchev–Trinajstić information content (AvgIpc) is 2.85. The van der Waals surface area contributed by atoms with Gasteiger partial charge in [-0.05, 0) is 55.3 Å².